The molecule has 2 amide bonds. The molecule has 0 aromatic rings. The van der Waals surface area contributed by atoms with Crippen LogP contribution in [0.2, 0.25) is 6.32 Å². The van der Waals surface area contributed by atoms with Gasteiger partial charge in [0.2, 0.25) is 11.8 Å². The molecular formula is C20H37BN2O5. The van der Waals surface area contributed by atoms with Gasteiger partial charge in [-0.3, -0.25) is 9.59 Å². The Morgan fingerprint density at radius 3 is 2.18 bits per heavy atom. The molecule has 0 bridgehead atoms. The van der Waals surface area contributed by atoms with Gasteiger partial charge in [-0.05, 0) is 73.5 Å². The molecule has 0 unspecified atom stereocenters. The van der Waals surface area contributed by atoms with Gasteiger partial charge in [0.05, 0.1) is 17.8 Å². The molecule has 2 atom stereocenters. The smallest absolute Gasteiger partial charge is 0.403 e. The Labute approximate surface area is 169 Å². The predicted molar refractivity (Wildman–Crippen MR) is 109 cm³/mol. The molecule has 2 saturated heterocycles. The van der Waals surface area contributed by atoms with Gasteiger partial charge in [-0.15, -0.1) is 0 Å². The Bertz CT molecular complexity index is 586. The maximum absolute atomic E-state index is 13.0. The lowest BCUT2D eigenvalue weighted by Crippen LogP contribution is -2.66. The summed E-state index contributed by atoms with van der Waals surface area (Å²) in [6, 6.07) is 0. The molecule has 2 heterocycles. The Kier molecular flexibility index (Phi) is 6.58. The molecule has 2 aliphatic rings. The SMILES string of the molecule is CC(=O)N[C@@]1(C(=O)NC(C)(C)C)COC[C@H](CCB2OC(C)(C)C(C)(C)O2)C1. The van der Waals surface area contributed by atoms with E-state index in [1.165, 1.54) is 6.92 Å². The maximum atomic E-state index is 13.0. The largest absolute Gasteiger partial charge is 0.457 e. The first-order valence-corrected chi connectivity index (χ1v) is 10.2. The van der Waals surface area contributed by atoms with Crippen LogP contribution in [0.25, 0.3) is 0 Å². The lowest BCUT2D eigenvalue weighted by molar-refractivity contribution is -0.142. The second-order valence-electron chi connectivity index (χ2n) is 10.3. The molecule has 28 heavy (non-hydrogen) atoms. The fourth-order valence-electron chi connectivity index (χ4n) is 3.75. The van der Waals surface area contributed by atoms with Crippen molar-refractivity contribution in [1.29, 1.82) is 0 Å². The second-order valence-corrected chi connectivity index (χ2v) is 10.3. The van der Waals surface area contributed by atoms with Crippen molar-refractivity contribution in [3.8, 4) is 0 Å². The van der Waals surface area contributed by atoms with Gasteiger partial charge < -0.3 is 24.7 Å². The minimum absolute atomic E-state index is 0.130. The summed E-state index contributed by atoms with van der Waals surface area (Å²) in [6.07, 6.45) is 2.05. The Morgan fingerprint density at radius 2 is 1.68 bits per heavy atom. The summed E-state index contributed by atoms with van der Waals surface area (Å²) in [7, 11) is -0.273. The highest BCUT2D eigenvalue weighted by molar-refractivity contribution is 6.45. The van der Waals surface area contributed by atoms with Crippen LogP contribution in [0, 0.1) is 5.92 Å². The van der Waals surface area contributed by atoms with Crippen LogP contribution >= 0.6 is 0 Å². The molecule has 2 fully saturated rings. The van der Waals surface area contributed by atoms with E-state index in [2.05, 4.69) is 10.6 Å². The van der Waals surface area contributed by atoms with Crippen LogP contribution in [0.1, 0.15) is 68.2 Å². The summed E-state index contributed by atoms with van der Waals surface area (Å²) in [5, 5.41) is 5.85. The molecule has 0 aliphatic carbocycles. The summed E-state index contributed by atoms with van der Waals surface area (Å²) < 4.78 is 17.9. The van der Waals surface area contributed by atoms with E-state index in [9.17, 15) is 9.59 Å². The average Bonchev–Trinajstić information content (AvgIpc) is 2.70. The molecule has 7 nitrogen and oxygen atoms in total. The molecule has 2 aliphatic heterocycles. The van der Waals surface area contributed by atoms with Crippen LogP contribution in [-0.4, -0.2) is 54.4 Å². The Morgan fingerprint density at radius 1 is 1.11 bits per heavy atom. The van der Waals surface area contributed by atoms with Gasteiger partial charge in [0.25, 0.3) is 0 Å². The highest BCUT2D eigenvalue weighted by Gasteiger charge is 2.51. The van der Waals surface area contributed by atoms with E-state index in [4.69, 9.17) is 14.0 Å². The number of carbonyl (C=O) groups excluding carboxylic acids is 2. The van der Waals surface area contributed by atoms with Crippen molar-refractivity contribution in [2.75, 3.05) is 13.2 Å². The van der Waals surface area contributed by atoms with Crippen molar-refractivity contribution in [3.05, 3.63) is 0 Å². The Hall–Kier alpha value is -1.12. The zero-order valence-electron chi connectivity index (χ0n) is 18.7. The summed E-state index contributed by atoms with van der Waals surface area (Å²) in [4.78, 5) is 24.8. The standard InChI is InChI=1S/C20H37BN2O5/c1-14(24)22-20(16(25)23-17(2,3)4)11-15(12-26-13-20)9-10-21-27-18(5,6)19(7,8)28-21/h15H,9-13H2,1-8H3,(H,22,24)(H,23,25)/t15-,20-/m1/s1. The quantitative estimate of drug-likeness (QED) is 0.697. The summed E-state index contributed by atoms with van der Waals surface area (Å²) >= 11 is 0. The van der Waals surface area contributed by atoms with Crippen LogP contribution < -0.4 is 10.6 Å². The first-order chi connectivity index (χ1) is 12.7. The van der Waals surface area contributed by atoms with E-state index in [1.54, 1.807) is 0 Å². The molecule has 0 spiro atoms. The van der Waals surface area contributed by atoms with Crippen molar-refractivity contribution >= 4 is 18.9 Å². The highest BCUT2D eigenvalue weighted by Crippen LogP contribution is 2.39. The third-order valence-corrected chi connectivity index (χ3v) is 5.79. The summed E-state index contributed by atoms with van der Waals surface area (Å²) in [6.45, 7) is 16.1. The van der Waals surface area contributed by atoms with Gasteiger partial charge in [-0.1, -0.05) is 0 Å². The van der Waals surface area contributed by atoms with Gasteiger partial charge in [0.1, 0.15) is 5.54 Å². The number of rotatable bonds is 5. The van der Waals surface area contributed by atoms with E-state index < -0.39 is 11.1 Å². The van der Waals surface area contributed by atoms with Crippen molar-refractivity contribution in [2.45, 2.75) is 96.8 Å². The average molecular weight is 396 g/mol. The van der Waals surface area contributed by atoms with E-state index in [-0.39, 0.29) is 42.7 Å². The Balaban J connectivity index is 2.03. The number of nitrogens with one attached hydrogen (secondary N) is 2. The lowest BCUT2D eigenvalue weighted by Gasteiger charge is -2.41. The third-order valence-electron chi connectivity index (χ3n) is 5.79. The second kappa shape index (κ2) is 7.96. The molecule has 2 rings (SSSR count). The molecule has 8 heteroatoms. The first-order valence-electron chi connectivity index (χ1n) is 10.2. The molecular weight excluding hydrogens is 359 g/mol. The van der Waals surface area contributed by atoms with Crippen molar-refractivity contribution in [1.82, 2.24) is 10.6 Å². The number of carbonyl (C=O) groups is 2. The maximum Gasteiger partial charge on any atom is 0.457 e. The molecule has 160 valence electrons. The highest BCUT2D eigenvalue weighted by atomic mass is 16.7. The normalized spacial score (nSPS) is 29.4. The van der Waals surface area contributed by atoms with E-state index >= 15 is 0 Å². The fraction of sp³-hybridized carbons (Fsp3) is 0.900. The predicted octanol–water partition coefficient (Wildman–Crippen LogP) is 2.29. The topological polar surface area (TPSA) is 85.9 Å². The zero-order valence-corrected chi connectivity index (χ0v) is 18.7. The minimum atomic E-state index is -1.04. The van der Waals surface area contributed by atoms with Crippen LogP contribution in [0.3, 0.4) is 0 Å². The molecule has 0 radical (unpaired) electrons. The van der Waals surface area contributed by atoms with E-state index in [0.29, 0.717) is 13.0 Å². The van der Waals surface area contributed by atoms with Crippen molar-refractivity contribution in [2.24, 2.45) is 5.92 Å². The molecule has 2 N–H and O–H groups in total. The number of ether oxygens (including phenoxy) is 1. The van der Waals surface area contributed by atoms with Crippen molar-refractivity contribution in [3.63, 3.8) is 0 Å². The van der Waals surface area contributed by atoms with Gasteiger partial charge in [-0.25, -0.2) is 0 Å². The summed E-state index contributed by atoms with van der Waals surface area (Å²) in [5.74, 6) is -0.305. The fourth-order valence-corrected chi connectivity index (χ4v) is 3.75. The van der Waals surface area contributed by atoms with Crippen LogP contribution in [0.4, 0.5) is 0 Å². The zero-order chi connectivity index (χ0) is 21.4. The van der Waals surface area contributed by atoms with E-state index in [1.807, 2.05) is 48.5 Å². The van der Waals surface area contributed by atoms with Crippen LogP contribution in [-0.2, 0) is 23.6 Å². The molecule has 0 aromatic heterocycles. The van der Waals surface area contributed by atoms with Gasteiger partial charge in [-0.2, -0.15) is 0 Å². The van der Waals surface area contributed by atoms with Crippen LogP contribution in [0.5, 0.6) is 0 Å². The summed E-state index contributed by atoms with van der Waals surface area (Å²) in [5.41, 5.74) is -2.14. The lowest BCUT2D eigenvalue weighted by atomic mass is 9.75. The monoisotopic (exact) mass is 396 g/mol. The van der Waals surface area contributed by atoms with E-state index in [0.717, 1.165) is 12.7 Å². The van der Waals surface area contributed by atoms with Crippen LogP contribution in [0.15, 0.2) is 0 Å². The van der Waals surface area contributed by atoms with Crippen molar-refractivity contribution < 1.29 is 23.6 Å². The van der Waals surface area contributed by atoms with Gasteiger partial charge in [0.15, 0.2) is 0 Å². The minimum Gasteiger partial charge on any atom is -0.403 e. The first kappa shape index (κ1) is 23.2. The van der Waals surface area contributed by atoms with Gasteiger partial charge >= 0.3 is 7.12 Å². The molecule has 0 aromatic carbocycles. The third kappa shape index (κ3) is 5.48. The van der Waals surface area contributed by atoms with Gasteiger partial charge in [0, 0.05) is 19.1 Å². The number of hydrogen-bond acceptors (Lipinski definition) is 5. The number of hydrogen-bond donors (Lipinski definition) is 2. The molecule has 0 saturated carbocycles. The number of amides is 2.